The number of rotatable bonds is 5. The molecule has 0 spiro atoms. The molecule has 1 amide bonds. The number of hydrogen-bond donors (Lipinski definition) is 1. The SMILES string of the molecule is COc1ccc(NC(=O)Cn2cnc3c(nnn3-c3cccc(F)c3)c2=O)cc1. The zero-order valence-corrected chi connectivity index (χ0v) is 15.2. The summed E-state index contributed by atoms with van der Waals surface area (Å²) in [6.45, 7) is -0.249. The third kappa shape index (κ3) is 3.68. The van der Waals surface area contributed by atoms with E-state index >= 15 is 0 Å². The van der Waals surface area contributed by atoms with Crippen molar-refractivity contribution in [3.63, 3.8) is 0 Å². The van der Waals surface area contributed by atoms with Crippen LogP contribution >= 0.6 is 0 Å². The molecule has 2 heterocycles. The molecular weight excluding hydrogens is 379 g/mol. The van der Waals surface area contributed by atoms with E-state index in [1.807, 2.05) is 0 Å². The van der Waals surface area contributed by atoms with Crippen LogP contribution in [0, 0.1) is 5.82 Å². The van der Waals surface area contributed by atoms with Crippen molar-refractivity contribution < 1.29 is 13.9 Å². The van der Waals surface area contributed by atoms with Gasteiger partial charge in [-0.15, -0.1) is 5.10 Å². The van der Waals surface area contributed by atoms with Crippen LogP contribution in [-0.4, -0.2) is 37.6 Å². The van der Waals surface area contributed by atoms with Crippen LogP contribution in [0.15, 0.2) is 59.7 Å². The molecule has 0 saturated carbocycles. The summed E-state index contributed by atoms with van der Waals surface area (Å²) in [6, 6.07) is 12.5. The van der Waals surface area contributed by atoms with Gasteiger partial charge in [0.25, 0.3) is 5.56 Å². The maximum atomic E-state index is 13.5. The van der Waals surface area contributed by atoms with Crippen molar-refractivity contribution in [2.24, 2.45) is 0 Å². The molecule has 4 rings (SSSR count). The first-order valence-corrected chi connectivity index (χ1v) is 8.56. The van der Waals surface area contributed by atoms with E-state index in [1.165, 1.54) is 29.2 Å². The van der Waals surface area contributed by atoms with E-state index in [0.717, 1.165) is 4.57 Å². The number of methoxy groups -OCH3 is 1. The highest BCUT2D eigenvalue weighted by Gasteiger charge is 2.15. The number of carbonyl (C=O) groups excluding carboxylic acids is 1. The molecule has 146 valence electrons. The maximum Gasteiger partial charge on any atom is 0.284 e. The Kier molecular flexibility index (Phi) is 4.73. The quantitative estimate of drug-likeness (QED) is 0.553. The predicted octanol–water partition coefficient (Wildman–Crippen LogP) is 1.76. The van der Waals surface area contributed by atoms with E-state index in [9.17, 15) is 14.0 Å². The average molecular weight is 394 g/mol. The van der Waals surface area contributed by atoms with Gasteiger partial charge in [-0.2, -0.15) is 4.68 Å². The zero-order valence-electron chi connectivity index (χ0n) is 15.2. The molecule has 0 radical (unpaired) electrons. The third-order valence-electron chi connectivity index (χ3n) is 4.17. The van der Waals surface area contributed by atoms with Crippen molar-refractivity contribution >= 4 is 22.8 Å². The average Bonchev–Trinajstić information content (AvgIpc) is 3.15. The lowest BCUT2D eigenvalue weighted by atomic mass is 10.3. The smallest absolute Gasteiger partial charge is 0.284 e. The minimum Gasteiger partial charge on any atom is -0.497 e. The van der Waals surface area contributed by atoms with E-state index in [0.29, 0.717) is 17.1 Å². The highest BCUT2D eigenvalue weighted by atomic mass is 19.1. The Morgan fingerprint density at radius 2 is 2.00 bits per heavy atom. The van der Waals surface area contributed by atoms with Gasteiger partial charge in [-0.05, 0) is 42.5 Å². The number of halogens is 1. The molecule has 0 unspecified atom stereocenters. The molecule has 2 aromatic heterocycles. The molecule has 1 N–H and O–H groups in total. The van der Waals surface area contributed by atoms with E-state index in [4.69, 9.17) is 4.74 Å². The van der Waals surface area contributed by atoms with Gasteiger partial charge >= 0.3 is 0 Å². The van der Waals surface area contributed by atoms with Crippen LogP contribution in [0.5, 0.6) is 5.75 Å². The summed E-state index contributed by atoms with van der Waals surface area (Å²) in [7, 11) is 1.55. The van der Waals surface area contributed by atoms with Gasteiger partial charge in [0.1, 0.15) is 24.4 Å². The molecule has 29 heavy (non-hydrogen) atoms. The molecule has 0 aliphatic heterocycles. The first kappa shape index (κ1) is 18.3. The Hall–Kier alpha value is -4.08. The fraction of sp³-hybridized carbons (Fsp3) is 0.105. The van der Waals surface area contributed by atoms with Crippen molar-refractivity contribution in [1.29, 1.82) is 0 Å². The first-order chi connectivity index (χ1) is 14.0. The van der Waals surface area contributed by atoms with Crippen LogP contribution in [-0.2, 0) is 11.3 Å². The van der Waals surface area contributed by atoms with E-state index in [2.05, 4.69) is 20.6 Å². The lowest BCUT2D eigenvalue weighted by Crippen LogP contribution is -2.28. The van der Waals surface area contributed by atoms with Crippen LogP contribution in [0.1, 0.15) is 0 Å². The normalized spacial score (nSPS) is 10.8. The molecule has 0 saturated heterocycles. The number of aromatic nitrogens is 5. The second kappa shape index (κ2) is 7.50. The van der Waals surface area contributed by atoms with Gasteiger partial charge < -0.3 is 10.1 Å². The number of nitrogens with zero attached hydrogens (tertiary/aromatic N) is 5. The fourth-order valence-corrected chi connectivity index (χ4v) is 2.77. The number of benzene rings is 2. The second-order valence-electron chi connectivity index (χ2n) is 6.11. The monoisotopic (exact) mass is 394 g/mol. The van der Waals surface area contributed by atoms with Gasteiger partial charge in [-0.3, -0.25) is 14.2 Å². The Balaban J connectivity index is 1.58. The van der Waals surface area contributed by atoms with Gasteiger partial charge in [0.2, 0.25) is 5.91 Å². The first-order valence-electron chi connectivity index (χ1n) is 8.56. The number of anilines is 1. The fourth-order valence-electron chi connectivity index (χ4n) is 2.77. The number of fused-ring (bicyclic) bond motifs is 1. The summed E-state index contributed by atoms with van der Waals surface area (Å²) in [4.78, 5) is 29.1. The summed E-state index contributed by atoms with van der Waals surface area (Å²) < 4.78 is 20.9. The number of carbonyl (C=O) groups is 1. The Bertz CT molecular complexity index is 1250. The number of ether oxygens (including phenoxy) is 1. The van der Waals surface area contributed by atoms with Gasteiger partial charge in [0.15, 0.2) is 11.2 Å². The van der Waals surface area contributed by atoms with Crippen LogP contribution in [0.4, 0.5) is 10.1 Å². The van der Waals surface area contributed by atoms with E-state index < -0.39 is 17.3 Å². The molecule has 0 fully saturated rings. The van der Waals surface area contributed by atoms with Crippen LogP contribution in [0.25, 0.3) is 16.9 Å². The van der Waals surface area contributed by atoms with Gasteiger partial charge in [0.05, 0.1) is 12.8 Å². The minimum absolute atomic E-state index is 0.0194. The summed E-state index contributed by atoms with van der Waals surface area (Å²) in [5.41, 5.74) is 0.577. The summed E-state index contributed by atoms with van der Waals surface area (Å²) in [5, 5.41) is 10.4. The van der Waals surface area contributed by atoms with Gasteiger partial charge in [-0.1, -0.05) is 11.3 Å². The standard InChI is InChI=1S/C19H15FN6O3/c1-29-15-7-5-13(6-8-15)22-16(27)10-25-11-21-18-17(19(25)28)23-24-26(18)14-4-2-3-12(20)9-14/h2-9,11H,10H2,1H3,(H,22,27). The molecule has 9 nitrogen and oxygen atoms in total. The molecular formula is C19H15FN6O3. The van der Waals surface area contributed by atoms with Crippen LogP contribution < -0.4 is 15.6 Å². The highest BCUT2D eigenvalue weighted by molar-refractivity contribution is 5.90. The van der Waals surface area contributed by atoms with Crippen molar-refractivity contribution in [2.75, 3.05) is 12.4 Å². The van der Waals surface area contributed by atoms with Gasteiger partial charge in [0, 0.05) is 5.69 Å². The number of hydrogen-bond acceptors (Lipinski definition) is 6. The predicted molar refractivity (Wildman–Crippen MR) is 103 cm³/mol. The second-order valence-corrected chi connectivity index (χ2v) is 6.11. The Labute approximate surface area is 163 Å². The lowest BCUT2D eigenvalue weighted by molar-refractivity contribution is -0.116. The minimum atomic E-state index is -0.525. The highest BCUT2D eigenvalue weighted by Crippen LogP contribution is 2.15. The van der Waals surface area contributed by atoms with Gasteiger partial charge in [-0.25, -0.2) is 9.37 Å². The summed E-state index contributed by atoms with van der Waals surface area (Å²) >= 11 is 0. The van der Waals surface area contributed by atoms with Crippen LogP contribution in [0.2, 0.25) is 0 Å². The molecule has 10 heteroatoms. The third-order valence-corrected chi connectivity index (χ3v) is 4.17. The molecule has 0 bridgehead atoms. The molecule has 0 aliphatic carbocycles. The topological polar surface area (TPSA) is 104 Å². The van der Waals surface area contributed by atoms with Crippen LogP contribution in [0.3, 0.4) is 0 Å². The number of nitrogens with one attached hydrogen (secondary N) is 1. The van der Waals surface area contributed by atoms with Crippen molar-refractivity contribution in [3.05, 3.63) is 71.0 Å². The molecule has 0 aliphatic rings. The van der Waals surface area contributed by atoms with E-state index in [-0.39, 0.29) is 17.7 Å². The Morgan fingerprint density at radius 3 is 2.72 bits per heavy atom. The molecule has 4 aromatic rings. The van der Waals surface area contributed by atoms with Crippen molar-refractivity contribution in [2.45, 2.75) is 6.54 Å². The number of amides is 1. The largest absolute Gasteiger partial charge is 0.497 e. The summed E-state index contributed by atoms with van der Waals surface area (Å²) in [6.07, 6.45) is 1.23. The lowest BCUT2D eigenvalue weighted by Gasteiger charge is -2.08. The summed E-state index contributed by atoms with van der Waals surface area (Å²) in [5.74, 6) is -0.194. The van der Waals surface area contributed by atoms with E-state index in [1.54, 1.807) is 37.4 Å². The molecule has 2 aromatic carbocycles. The van der Waals surface area contributed by atoms with Crippen molar-refractivity contribution in [3.8, 4) is 11.4 Å². The maximum absolute atomic E-state index is 13.5. The Morgan fingerprint density at radius 1 is 1.21 bits per heavy atom. The van der Waals surface area contributed by atoms with Crippen molar-refractivity contribution in [1.82, 2.24) is 24.5 Å². The molecule has 0 atom stereocenters. The zero-order chi connectivity index (χ0) is 20.4.